The molecule has 24 heavy (non-hydrogen) atoms. The summed E-state index contributed by atoms with van der Waals surface area (Å²) in [7, 11) is -3.18. The van der Waals surface area contributed by atoms with Crippen LogP contribution in [0.5, 0.6) is 0 Å². The van der Waals surface area contributed by atoms with Crippen LogP contribution in [0.25, 0.3) is 0 Å². The summed E-state index contributed by atoms with van der Waals surface area (Å²) in [5.41, 5.74) is 1.90. The van der Waals surface area contributed by atoms with Crippen molar-refractivity contribution in [2.75, 3.05) is 38.6 Å². The topological polar surface area (TPSA) is 62.7 Å². The minimum Gasteiger partial charge on any atom is -0.379 e. The maximum Gasteiger partial charge on any atom is 0.214 e. The van der Waals surface area contributed by atoms with Crippen molar-refractivity contribution in [3.8, 4) is 0 Å². The number of nitrogens with zero attached hydrogens (tertiary/aromatic N) is 3. The Balaban J connectivity index is 1.75. The normalized spacial score (nSPS) is 23.6. The lowest BCUT2D eigenvalue weighted by Crippen LogP contribution is -2.36. The molecule has 0 radical (unpaired) electrons. The Morgan fingerprint density at radius 1 is 1.25 bits per heavy atom. The smallest absolute Gasteiger partial charge is 0.214 e. The fourth-order valence-electron chi connectivity index (χ4n) is 3.50. The number of sulfonamides is 1. The molecule has 2 fully saturated rings. The summed E-state index contributed by atoms with van der Waals surface area (Å²) in [5, 5.41) is 0. The zero-order valence-electron chi connectivity index (χ0n) is 14.4. The van der Waals surface area contributed by atoms with Crippen LogP contribution in [0.15, 0.2) is 18.2 Å². The van der Waals surface area contributed by atoms with Gasteiger partial charge in [-0.2, -0.15) is 4.31 Å². The molecule has 134 valence electrons. The monoisotopic (exact) mass is 353 g/mol. The predicted octanol–water partition coefficient (Wildman–Crippen LogP) is 1.79. The Hall–Kier alpha value is -1.02. The van der Waals surface area contributed by atoms with Crippen molar-refractivity contribution in [1.29, 1.82) is 0 Å². The van der Waals surface area contributed by atoms with Gasteiger partial charge >= 0.3 is 0 Å². The number of hydrogen-bond donors (Lipinski definition) is 0. The lowest BCUT2D eigenvalue weighted by Gasteiger charge is -2.27. The van der Waals surface area contributed by atoms with E-state index in [0.29, 0.717) is 13.0 Å². The third kappa shape index (κ3) is 4.14. The highest BCUT2D eigenvalue weighted by atomic mass is 32.2. The molecule has 6 nitrogen and oxygen atoms in total. The van der Waals surface area contributed by atoms with Crippen LogP contribution in [0.2, 0.25) is 0 Å². The number of aromatic nitrogens is 1. The first kappa shape index (κ1) is 17.8. The van der Waals surface area contributed by atoms with Gasteiger partial charge in [-0.1, -0.05) is 13.0 Å². The lowest BCUT2D eigenvalue weighted by molar-refractivity contribution is 0.0336. The molecule has 1 aromatic heterocycles. The van der Waals surface area contributed by atoms with E-state index in [-0.39, 0.29) is 11.8 Å². The first-order valence-corrected chi connectivity index (χ1v) is 10.5. The summed E-state index contributed by atoms with van der Waals surface area (Å²) in [6.07, 6.45) is 2.41. The number of pyridine rings is 1. The molecule has 2 aliphatic rings. The SMILES string of the molecule is CCCS(=O)(=O)N1CCC[C@@H]1c1cccc(CN2CCOCC2)n1. The minimum absolute atomic E-state index is 0.105. The van der Waals surface area contributed by atoms with Crippen molar-refractivity contribution < 1.29 is 13.2 Å². The molecule has 0 N–H and O–H groups in total. The Kier molecular flexibility index (Phi) is 5.86. The standard InChI is InChI=1S/C17H27N3O3S/c1-2-13-24(21,22)20-8-4-7-17(20)16-6-3-5-15(18-16)14-19-9-11-23-12-10-19/h3,5-6,17H,2,4,7-14H2,1H3/t17-/m1/s1. The first-order chi connectivity index (χ1) is 11.6. The number of ether oxygens (including phenoxy) is 1. The van der Waals surface area contributed by atoms with E-state index in [1.807, 2.05) is 25.1 Å². The van der Waals surface area contributed by atoms with Crippen molar-refractivity contribution in [2.24, 2.45) is 0 Å². The molecule has 0 spiro atoms. The summed E-state index contributed by atoms with van der Waals surface area (Å²) in [4.78, 5) is 7.11. The summed E-state index contributed by atoms with van der Waals surface area (Å²) in [6, 6.07) is 5.89. The zero-order valence-corrected chi connectivity index (χ0v) is 15.2. The molecular weight excluding hydrogens is 326 g/mol. The largest absolute Gasteiger partial charge is 0.379 e. The van der Waals surface area contributed by atoms with Crippen molar-refractivity contribution in [2.45, 2.75) is 38.8 Å². The highest BCUT2D eigenvalue weighted by molar-refractivity contribution is 7.89. The molecule has 0 unspecified atom stereocenters. The molecule has 2 saturated heterocycles. The zero-order chi connectivity index (χ0) is 17.0. The molecular formula is C17H27N3O3S. The van der Waals surface area contributed by atoms with Gasteiger partial charge < -0.3 is 4.74 Å². The van der Waals surface area contributed by atoms with Crippen molar-refractivity contribution in [3.63, 3.8) is 0 Å². The molecule has 0 bridgehead atoms. The fraction of sp³-hybridized carbons (Fsp3) is 0.706. The second-order valence-corrected chi connectivity index (χ2v) is 8.57. The highest BCUT2D eigenvalue weighted by Crippen LogP contribution is 2.33. The van der Waals surface area contributed by atoms with E-state index in [9.17, 15) is 8.42 Å². The van der Waals surface area contributed by atoms with Crippen LogP contribution in [0.1, 0.15) is 43.6 Å². The van der Waals surface area contributed by atoms with E-state index in [1.54, 1.807) is 4.31 Å². The van der Waals surface area contributed by atoms with E-state index < -0.39 is 10.0 Å². The molecule has 3 heterocycles. The van der Waals surface area contributed by atoms with Crippen LogP contribution < -0.4 is 0 Å². The Bertz CT molecular complexity index is 644. The number of rotatable bonds is 6. The van der Waals surface area contributed by atoms with E-state index in [4.69, 9.17) is 9.72 Å². The summed E-state index contributed by atoms with van der Waals surface area (Å²) >= 11 is 0. The molecule has 2 aliphatic heterocycles. The fourth-order valence-corrected chi connectivity index (χ4v) is 5.26. The van der Waals surface area contributed by atoms with Crippen LogP contribution in [-0.2, 0) is 21.3 Å². The quantitative estimate of drug-likeness (QED) is 0.780. The Morgan fingerprint density at radius 3 is 2.79 bits per heavy atom. The van der Waals surface area contributed by atoms with Gasteiger partial charge in [-0.05, 0) is 31.4 Å². The van der Waals surface area contributed by atoms with Gasteiger partial charge in [-0.25, -0.2) is 8.42 Å². The van der Waals surface area contributed by atoms with Gasteiger partial charge in [0.15, 0.2) is 0 Å². The average Bonchev–Trinajstić information content (AvgIpc) is 3.07. The van der Waals surface area contributed by atoms with Gasteiger partial charge in [0, 0.05) is 26.2 Å². The molecule has 1 atom stereocenters. The first-order valence-electron chi connectivity index (χ1n) is 8.85. The maximum atomic E-state index is 12.5. The number of hydrogen-bond acceptors (Lipinski definition) is 5. The van der Waals surface area contributed by atoms with Gasteiger partial charge in [0.25, 0.3) is 0 Å². The highest BCUT2D eigenvalue weighted by Gasteiger charge is 2.35. The third-order valence-corrected chi connectivity index (χ3v) is 6.76. The lowest BCUT2D eigenvalue weighted by atomic mass is 10.1. The van der Waals surface area contributed by atoms with E-state index in [1.165, 1.54) is 0 Å². The molecule has 0 aliphatic carbocycles. The van der Waals surface area contributed by atoms with Crippen molar-refractivity contribution in [3.05, 3.63) is 29.6 Å². The molecule has 0 amide bonds. The van der Waals surface area contributed by atoms with Crippen molar-refractivity contribution >= 4 is 10.0 Å². The third-order valence-electron chi connectivity index (χ3n) is 4.68. The maximum absolute atomic E-state index is 12.5. The average molecular weight is 353 g/mol. The van der Waals surface area contributed by atoms with Crippen LogP contribution >= 0.6 is 0 Å². The number of morpholine rings is 1. The summed E-state index contributed by atoms with van der Waals surface area (Å²) in [5.74, 6) is 0.219. The minimum atomic E-state index is -3.18. The molecule has 1 aromatic rings. The van der Waals surface area contributed by atoms with Crippen LogP contribution in [-0.4, -0.2) is 61.2 Å². The van der Waals surface area contributed by atoms with Gasteiger partial charge in [0.2, 0.25) is 10.0 Å². The van der Waals surface area contributed by atoms with Crippen LogP contribution in [0.4, 0.5) is 0 Å². The van der Waals surface area contributed by atoms with Gasteiger partial charge in [-0.15, -0.1) is 0 Å². The predicted molar refractivity (Wildman–Crippen MR) is 93.1 cm³/mol. The van der Waals surface area contributed by atoms with Gasteiger partial charge in [0.1, 0.15) is 0 Å². The molecule has 0 aromatic carbocycles. The van der Waals surface area contributed by atoms with Crippen LogP contribution in [0.3, 0.4) is 0 Å². The van der Waals surface area contributed by atoms with Gasteiger partial charge in [-0.3, -0.25) is 9.88 Å². The molecule has 0 saturated carbocycles. The Labute approximate surface area is 144 Å². The molecule has 7 heteroatoms. The summed E-state index contributed by atoms with van der Waals surface area (Å²) in [6.45, 7) is 6.70. The Morgan fingerprint density at radius 2 is 2.04 bits per heavy atom. The van der Waals surface area contributed by atoms with Gasteiger partial charge in [0.05, 0.1) is 36.4 Å². The van der Waals surface area contributed by atoms with E-state index in [2.05, 4.69) is 4.90 Å². The summed E-state index contributed by atoms with van der Waals surface area (Å²) < 4.78 is 32.0. The van der Waals surface area contributed by atoms with E-state index in [0.717, 1.165) is 57.1 Å². The second-order valence-electron chi connectivity index (χ2n) is 6.53. The second kappa shape index (κ2) is 7.91. The van der Waals surface area contributed by atoms with Crippen molar-refractivity contribution in [1.82, 2.24) is 14.2 Å². The molecule has 3 rings (SSSR count). The van der Waals surface area contributed by atoms with E-state index >= 15 is 0 Å². The van der Waals surface area contributed by atoms with Crippen LogP contribution in [0, 0.1) is 0 Å².